The van der Waals surface area contributed by atoms with Crippen LogP contribution in [0.1, 0.15) is 0 Å². The summed E-state index contributed by atoms with van der Waals surface area (Å²) in [5, 5.41) is 0. The van der Waals surface area contributed by atoms with Gasteiger partial charge in [-0.25, -0.2) is 0 Å². The fourth-order valence-corrected chi connectivity index (χ4v) is 0. The van der Waals surface area contributed by atoms with E-state index >= 15 is 0 Å². The van der Waals surface area contributed by atoms with Crippen LogP contribution in [0.4, 0.5) is 0 Å². The Labute approximate surface area is 166 Å². The van der Waals surface area contributed by atoms with Gasteiger partial charge in [-0.2, -0.15) is 0 Å². The van der Waals surface area contributed by atoms with Crippen molar-refractivity contribution in [3.8, 4) is 0 Å². The zero-order valence-electron chi connectivity index (χ0n) is 4.06. The summed E-state index contributed by atoms with van der Waals surface area (Å²) in [4.78, 5) is 0. The van der Waals surface area contributed by atoms with Gasteiger partial charge >= 0.3 is 149 Å². The minimum absolute atomic E-state index is 0. The first kappa shape index (κ1) is 79.1. The monoisotopic (exact) mass is 393 g/mol. The predicted octanol–water partition coefficient (Wildman–Crippen LogP) is -1.62. The van der Waals surface area contributed by atoms with Crippen LogP contribution in [0.3, 0.4) is 0 Å². The third-order valence-corrected chi connectivity index (χ3v) is 0. The fraction of sp³-hybridized carbons (Fsp3) is 0. The van der Waals surface area contributed by atoms with Crippen LogP contribution in [-0.4, -0.2) is 132 Å². The van der Waals surface area contributed by atoms with E-state index in [1.165, 1.54) is 0 Å². The SMILES string of the molecule is [Ba+2].[Ca+2].[Cu+2].[O-2].[O-2].[O-2].[O-2].[Sr+2]. The van der Waals surface area contributed by atoms with E-state index < -0.39 is 0 Å². The van der Waals surface area contributed by atoms with E-state index in [9.17, 15) is 0 Å². The van der Waals surface area contributed by atoms with Crippen molar-refractivity contribution in [3.63, 3.8) is 0 Å². The molecule has 0 aromatic rings. The van der Waals surface area contributed by atoms with Crippen LogP contribution in [0.15, 0.2) is 0 Å². The predicted molar refractivity (Wildman–Crippen MR) is 20.0 cm³/mol. The zero-order valence-corrected chi connectivity index (χ0v) is 15.1. The van der Waals surface area contributed by atoms with Gasteiger partial charge in [0.1, 0.15) is 0 Å². The minimum Gasteiger partial charge on any atom is -2.00 e. The van der Waals surface area contributed by atoms with Crippen molar-refractivity contribution in [2.75, 3.05) is 0 Å². The number of hydrogen-bond donors (Lipinski definition) is 0. The van der Waals surface area contributed by atoms with Crippen molar-refractivity contribution in [3.05, 3.63) is 0 Å². The average Bonchev–Trinajstić information content (AvgIpc) is 0. The Morgan fingerprint density at radius 3 is 0.625 bits per heavy atom. The van der Waals surface area contributed by atoms with Crippen molar-refractivity contribution >= 4 is 132 Å². The van der Waals surface area contributed by atoms with Gasteiger partial charge in [0.25, 0.3) is 0 Å². The molecule has 0 aromatic carbocycles. The minimum atomic E-state index is 0. The van der Waals surface area contributed by atoms with Gasteiger partial charge in [-0.3, -0.25) is 0 Å². The smallest absolute Gasteiger partial charge is 2.00 e. The average molecular weight is 393 g/mol. The Hall–Kier alpha value is 4.67. The first-order valence-corrected chi connectivity index (χ1v) is 0. The van der Waals surface area contributed by atoms with Crippen LogP contribution in [0.25, 0.3) is 0 Å². The standard InChI is InChI=1S/Ba.Ca.Cu.4O.Sr/q3*+2;4*-2;+2. The summed E-state index contributed by atoms with van der Waals surface area (Å²) in [6.45, 7) is 0. The first-order chi connectivity index (χ1) is 0. The molecule has 0 rings (SSSR count). The molecule has 0 aliphatic heterocycles. The maximum atomic E-state index is 0. The zero-order chi connectivity index (χ0) is 0. The van der Waals surface area contributed by atoms with Gasteiger partial charge in [-0.15, -0.1) is 0 Å². The van der Waals surface area contributed by atoms with Crippen molar-refractivity contribution in [2.24, 2.45) is 0 Å². The molecule has 0 aliphatic rings. The molecule has 0 aliphatic carbocycles. The fourth-order valence-electron chi connectivity index (χ4n) is 0. The molecule has 0 N–H and O–H groups in total. The quantitative estimate of drug-likeness (QED) is 0.441. The molecule has 8 heavy (non-hydrogen) atoms. The molecule has 0 spiro atoms. The number of hydrogen-bond acceptors (Lipinski definition) is 0. The molecule has 0 unspecified atom stereocenters. The van der Waals surface area contributed by atoms with E-state index in [0.29, 0.717) is 0 Å². The molecule has 0 bridgehead atoms. The van der Waals surface area contributed by atoms with Crippen LogP contribution in [-0.2, 0) is 39.0 Å². The summed E-state index contributed by atoms with van der Waals surface area (Å²) >= 11 is 0. The molecule has 0 heterocycles. The molecule has 0 amide bonds. The van der Waals surface area contributed by atoms with Gasteiger partial charge in [-0.1, -0.05) is 0 Å². The third kappa shape index (κ3) is 45.7. The normalized spacial score (nSPS) is 0. The molecule has 1 radical (unpaired) electrons. The third-order valence-electron chi connectivity index (χ3n) is 0. The Morgan fingerprint density at radius 1 is 0.625 bits per heavy atom. The molecule has 8 heteroatoms. The van der Waals surface area contributed by atoms with E-state index in [2.05, 4.69) is 0 Å². The first-order valence-electron chi connectivity index (χ1n) is 0. The topological polar surface area (TPSA) is 114 Å². The van der Waals surface area contributed by atoms with Crippen LogP contribution in [0, 0.1) is 0 Å². The van der Waals surface area contributed by atoms with Gasteiger partial charge < -0.3 is 21.9 Å². The van der Waals surface area contributed by atoms with Crippen LogP contribution in [0.5, 0.6) is 0 Å². The Balaban J connectivity index is 0. The van der Waals surface area contributed by atoms with Gasteiger partial charge in [0.2, 0.25) is 0 Å². The van der Waals surface area contributed by atoms with E-state index in [0.717, 1.165) is 0 Å². The molecule has 0 aromatic heterocycles. The van der Waals surface area contributed by atoms with Crippen LogP contribution < -0.4 is 0 Å². The maximum Gasteiger partial charge on any atom is 2.00 e. The van der Waals surface area contributed by atoms with Gasteiger partial charge in [0.05, 0.1) is 0 Å². The Morgan fingerprint density at radius 2 is 0.625 bits per heavy atom. The van der Waals surface area contributed by atoms with E-state index in [1.54, 1.807) is 0 Å². The van der Waals surface area contributed by atoms with E-state index in [-0.39, 0.29) is 171 Å². The van der Waals surface area contributed by atoms with Gasteiger partial charge in [-0.05, 0) is 0 Å². The molecule has 41 valence electrons. The second kappa shape index (κ2) is 60.9. The molecule has 4 nitrogen and oxygen atoms in total. The van der Waals surface area contributed by atoms with Crippen molar-refractivity contribution in [2.45, 2.75) is 0 Å². The molecule has 0 fully saturated rings. The maximum absolute atomic E-state index is 0. The Kier molecular flexibility index (Phi) is 602. The molecular formula is BaCaCuO4Sr. The van der Waals surface area contributed by atoms with Crippen molar-refractivity contribution in [1.82, 2.24) is 0 Å². The summed E-state index contributed by atoms with van der Waals surface area (Å²) in [5.74, 6) is 0. The number of rotatable bonds is 0. The summed E-state index contributed by atoms with van der Waals surface area (Å²) in [7, 11) is 0. The second-order valence-electron chi connectivity index (χ2n) is 0. The van der Waals surface area contributed by atoms with E-state index in [1.807, 2.05) is 0 Å². The van der Waals surface area contributed by atoms with Gasteiger partial charge in [0, 0.05) is 0 Å². The summed E-state index contributed by atoms with van der Waals surface area (Å²) in [5.41, 5.74) is 0. The molecular weight excluding hydrogens is 393 g/mol. The summed E-state index contributed by atoms with van der Waals surface area (Å²) < 4.78 is 0. The van der Waals surface area contributed by atoms with Crippen molar-refractivity contribution < 1.29 is 39.0 Å². The molecule has 0 saturated carbocycles. The largest absolute Gasteiger partial charge is 2.00 e. The van der Waals surface area contributed by atoms with Gasteiger partial charge in [0.15, 0.2) is 0 Å². The second-order valence-corrected chi connectivity index (χ2v) is 0. The van der Waals surface area contributed by atoms with Crippen LogP contribution >= 0.6 is 0 Å². The summed E-state index contributed by atoms with van der Waals surface area (Å²) in [6, 6.07) is 0. The van der Waals surface area contributed by atoms with Crippen LogP contribution in [0.2, 0.25) is 0 Å². The molecule has 0 saturated heterocycles. The van der Waals surface area contributed by atoms with E-state index in [4.69, 9.17) is 0 Å². The summed E-state index contributed by atoms with van der Waals surface area (Å²) in [6.07, 6.45) is 0. The molecule has 0 atom stereocenters. The Bertz CT molecular complexity index is 16.0. The van der Waals surface area contributed by atoms with Crippen molar-refractivity contribution in [1.29, 1.82) is 0 Å².